The Morgan fingerprint density at radius 3 is 2.30 bits per heavy atom. The molecule has 6 nitrogen and oxygen atoms in total. The van der Waals surface area contributed by atoms with Gasteiger partial charge in [-0.1, -0.05) is 73.6 Å². The van der Waals surface area contributed by atoms with E-state index in [1.807, 2.05) is 61.0 Å². The van der Waals surface area contributed by atoms with Gasteiger partial charge in [0.05, 0.1) is 4.90 Å². The molecule has 0 aliphatic rings. The van der Waals surface area contributed by atoms with Gasteiger partial charge in [-0.15, -0.1) is 10.2 Å². The Bertz CT molecular complexity index is 1060. The Labute approximate surface area is 183 Å². The Hall–Kier alpha value is -2.16. The van der Waals surface area contributed by atoms with Crippen molar-refractivity contribution in [2.75, 3.05) is 5.75 Å². The Morgan fingerprint density at radius 1 is 1.03 bits per heavy atom. The number of hydrogen-bond acceptors (Lipinski definition) is 5. The molecule has 0 radical (unpaired) electrons. The second-order valence-electron chi connectivity index (χ2n) is 7.59. The largest absolute Gasteiger partial charge is 0.309 e. The van der Waals surface area contributed by atoms with E-state index in [0.29, 0.717) is 18.1 Å². The van der Waals surface area contributed by atoms with Gasteiger partial charge in [0.1, 0.15) is 5.82 Å². The summed E-state index contributed by atoms with van der Waals surface area (Å²) >= 11 is 1.59. The van der Waals surface area contributed by atoms with Crippen molar-refractivity contribution >= 4 is 21.8 Å². The summed E-state index contributed by atoms with van der Waals surface area (Å²) in [4.78, 5) is 0.275. The van der Waals surface area contributed by atoms with Crippen LogP contribution in [0.25, 0.3) is 0 Å². The summed E-state index contributed by atoms with van der Waals surface area (Å²) in [5, 5.41) is 9.37. The molecule has 30 heavy (non-hydrogen) atoms. The lowest BCUT2D eigenvalue weighted by Gasteiger charge is -2.19. The average molecular weight is 445 g/mol. The maximum Gasteiger partial charge on any atom is 0.241 e. The highest BCUT2D eigenvalue weighted by molar-refractivity contribution is 7.99. The molecule has 0 saturated carbocycles. The van der Waals surface area contributed by atoms with Crippen molar-refractivity contribution in [1.82, 2.24) is 19.5 Å². The summed E-state index contributed by atoms with van der Waals surface area (Å²) in [6, 6.07) is 16.2. The molecule has 3 aromatic rings. The van der Waals surface area contributed by atoms with Gasteiger partial charge < -0.3 is 4.57 Å². The predicted octanol–water partition coefficient (Wildman–Crippen LogP) is 4.45. The number of aryl methyl sites for hydroxylation is 1. The molecule has 0 bridgehead atoms. The molecule has 0 aliphatic heterocycles. The second-order valence-corrected chi connectivity index (χ2v) is 10.4. The lowest BCUT2D eigenvalue weighted by atomic mass is 10.1. The molecule has 1 atom stereocenters. The number of rotatable bonds is 9. The number of nitrogens with one attached hydrogen (secondary N) is 1. The molecule has 0 saturated heterocycles. The van der Waals surface area contributed by atoms with Crippen LogP contribution in [0.2, 0.25) is 0 Å². The fraction of sp³-hybridized carbons (Fsp3) is 0.364. The lowest BCUT2D eigenvalue weighted by Crippen LogP contribution is -2.29. The summed E-state index contributed by atoms with van der Waals surface area (Å²) in [7, 11) is -1.66. The fourth-order valence-corrected chi connectivity index (χ4v) is 5.36. The van der Waals surface area contributed by atoms with Crippen LogP contribution in [0.1, 0.15) is 49.2 Å². The molecular formula is C22H28N4O2S2. The predicted molar refractivity (Wildman–Crippen MR) is 121 cm³/mol. The smallest absolute Gasteiger partial charge is 0.241 e. The van der Waals surface area contributed by atoms with Crippen molar-refractivity contribution in [2.45, 2.75) is 49.2 Å². The van der Waals surface area contributed by atoms with Crippen LogP contribution in [0, 0.1) is 6.92 Å². The highest BCUT2D eigenvalue weighted by Gasteiger charge is 2.22. The Kier molecular flexibility index (Phi) is 7.33. The van der Waals surface area contributed by atoms with Crippen molar-refractivity contribution in [3.63, 3.8) is 0 Å². The minimum Gasteiger partial charge on any atom is -0.309 e. The molecule has 1 aromatic heterocycles. The van der Waals surface area contributed by atoms with E-state index in [4.69, 9.17) is 0 Å². The number of thioether (sulfide) groups is 1. The molecule has 3 rings (SSSR count). The zero-order valence-corrected chi connectivity index (χ0v) is 19.4. The SMILES string of the molecule is Cc1ccc(S(=O)(=O)NC(CCSc2nnc(C(C)C)n2C)c2ccccc2)cc1. The average Bonchev–Trinajstić information content (AvgIpc) is 3.09. The molecule has 8 heteroatoms. The van der Waals surface area contributed by atoms with Crippen molar-refractivity contribution in [3.8, 4) is 0 Å². The van der Waals surface area contributed by atoms with Crippen molar-refractivity contribution in [2.24, 2.45) is 7.05 Å². The van der Waals surface area contributed by atoms with E-state index in [9.17, 15) is 8.42 Å². The molecule has 1 N–H and O–H groups in total. The number of sulfonamides is 1. The molecule has 0 fully saturated rings. The van der Waals surface area contributed by atoms with Gasteiger partial charge in [0, 0.05) is 24.8 Å². The topological polar surface area (TPSA) is 76.9 Å². The Morgan fingerprint density at radius 2 is 1.70 bits per heavy atom. The monoisotopic (exact) mass is 444 g/mol. The number of benzene rings is 2. The first-order valence-electron chi connectivity index (χ1n) is 9.94. The Balaban J connectivity index is 1.74. The van der Waals surface area contributed by atoms with Crippen LogP contribution < -0.4 is 4.72 Å². The van der Waals surface area contributed by atoms with E-state index in [-0.39, 0.29) is 10.9 Å². The first kappa shape index (κ1) is 22.5. The summed E-state index contributed by atoms with van der Waals surface area (Å²) in [6.07, 6.45) is 0.629. The number of nitrogens with zero attached hydrogens (tertiary/aromatic N) is 3. The maximum absolute atomic E-state index is 12.9. The lowest BCUT2D eigenvalue weighted by molar-refractivity contribution is 0.551. The fourth-order valence-electron chi connectivity index (χ4n) is 3.17. The van der Waals surface area contributed by atoms with Crippen molar-refractivity contribution < 1.29 is 8.42 Å². The molecule has 160 valence electrons. The van der Waals surface area contributed by atoms with Crippen LogP contribution in [0.3, 0.4) is 0 Å². The van der Waals surface area contributed by atoms with Gasteiger partial charge in [-0.25, -0.2) is 13.1 Å². The van der Waals surface area contributed by atoms with E-state index in [2.05, 4.69) is 28.8 Å². The first-order valence-corrected chi connectivity index (χ1v) is 12.4. The summed E-state index contributed by atoms with van der Waals surface area (Å²) < 4.78 is 30.8. The van der Waals surface area contributed by atoms with Crippen LogP contribution in [-0.2, 0) is 17.1 Å². The maximum atomic E-state index is 12.9. The molecule has 1 heterocycles. The minimum atomic E-state index is -3.63. The van der Waals surface area contributed by atoms with Crippen LogP contribution >= 0.6 is 11.8 Å². The van der Waals surface area contributed by atoms with E-state index in [0.717, 1.165) is 22.1 Å². The zero-order valence-electron chi connectivity index (χ0n) is 17.7. The van der Waals surface area contributed by atoms with Gasteiger partial charge in [-0.05, 0) is 31.0 Å². The van der Waals surface area contributed by atoms with E-state index >= 15 is 0 Å². The highest BCUT2D eigenvalue weighted by Crippen LogP contribution is 2.26. The standard InChI is InChI=1S/C22H28N4O2S2/c1-16(2)21-23-24-22(26(21)4)29-15-14-20(18-8-6-5-7-9-18)25-30(27,28)19-12-10-17(3)11-13-19/h5-13,16,20,25H,14-15H2,1-4H3. The summed E-state index contributed by atoms with van der Waals surface area (Å²) in [5.41, 5.74) is 1.96. The highest BCUT2D eigenvalue weighted by atomic mass is 32.2. The molecular weight excluding hydrogens is 416 g/mol. The molecule has 1 unspecified atom stereocenters. The third kappa shape index (κ3) is 5.50. The normalized spacial score (nSPS) is 13.0. The van der Waals surface area contributed by atoms with Gasteiger partial charge in [-0.2, -0.15) is 0 Å². The van der Waals surface area contributed by atoms with Gasteiger partial charge in [0.2, 0.25) is 10.0 Å². The van der Waals surface area contributed by atoms with Crippen molar-refractivity contribution in [1.29, 1.82) is 0 Å². The van der Waals surface area contributed by atoms with Crippen molar-refractivity contribution in [3.05, 3.63) is 71.5 Å². The third-order valence-electron chi connectivity index (χ3n) is 4.85. The van der Waals surface area contributed by atoms with Crippen LogP contribution in [-0.4, -0.2) is 28.9 Å². The van der Waals surface area contributed by atoms with Crippen LogP contribution in [0.4, 0.5) is 0 Å². The van der Waals surface area contributed by atoms with Gasteiger partial charge in [0.25, 0.3) is 0 Å². The summed E-state index contributed by atoms with van der Waals surface area (Å²) in [6.45, 7) is 6.11. The van der Waals surface area contributed by atoms with Crippen LogP contribution in [0.5, 0.6) is 0 Å². The molecule has 0 aliphatic carbocycles. The van der Waals surface area contributed by atoms with E-state index < -0.39 is 10.0 Å². The zero-order chi connectivity index (χ0) is 21.7. The van der Waals surface area contributed by atoms with Gasteiger partial charge in [-0.3, -0.25) is 0 Å². The number of aromatic nitrogens is 3. The van der Waals surface area contributed by atoms with Gasteiger partial charge in [0.15, 0.2) is 5.16 Å². The molecule has 0 spiro atoms. The quantitative estimate of drug-likeness (QED) is 0.494. The number of hydrogen-bond donors (Lipinski definition) is 1. The van der Waals surface area contributed by atoms with Gasteiger partial charge >= 0.3 is 0 Å². The summed E-state index contributed by atoms with van der Waals surface area (Å²) in [5.74, 6) is 1.95. The van der Waals surface area contributed by atoms with E-state index in [1.165, 1.54) is 0 Å². The molecule has 0 amide bonds. The third-order valence-corrected chi connectivity index (χ3v) is 7.39. The molecule has 2 aromatic carbocycles. The second kappa shape index (κ2) is 9.76. The minimum absolute atomic E-state index is 0.275. The van der Waals surface area contributed by atoms with E-state index in [1.54, 1.807) is 23.9 Å². The van der Waals surface area contributed by atoms with Crippen LogP contribution in [0.15, 0.2) is 64.6 Å². The first-order chi connectivity index (χ1) is 14.3.